The zero-order valence-corrected chi connectivity index (χ0v) is 11.8. The summed E-state index contributed by atoms with van der Waals surface area (Å²) >= 11 is 0. The quantitative estimate of drug-likeness (QED) is 0.792. The fraction of sp³-hybridized carbons (Fsp3) is 0.857. The normalized spacial score (nSPS) is 39.3. The lowest BCUT2D eigenvalue weighted by Gasteiger charge is -2.45. The molecular weight excluding hydrogens is 244 g/mol. The van der Waals surface area contributed by atoms with Crippen LogP contribution in [0.2, 0.25) is 0 Å². The Morgan fingerprint density at radius 2 is 1.89 bits per heavy atom. The van der Waals surface area contributed by atoms with Crippen molar-refractivity contribution in [3.8, 4) is 0 Å². The number of piperidine rings is 1. The first-order chi connectivity index (χ1) is 8.82. The lowest BCUT2D eigenvalue weighted by Crippen LogP contribution is -2.62. The van der Waals surface area contributed by atoms with Crippen molar-refractivity contribution in [1.29, 1.82) is 0 Å². The van der Waals surface area contributed by atoms with Crippen molar-refractivity contribution in [2.75, 3.05) is 6.54 Å². The Morgan fingerprint density at radius 3 is 2.42 bits per heavy atom. The van der Waals surface area contributed by atoms with E-state index in [0.29, 0.717) is 13.0 Å². The largest absolute Gasteiger partial charge is 0.480 e. The van der Waals surface area contributed by atoms with Crippen molar-refractivity contribution < 1.29 is 14.7 Å². The number of nitrogens with zero attached hydrogens (tertiary/aromatic N) is 1. The lowest BCUT2D eigenvalue weighted by atomic mass is 9.79. The van der Waals surface area contributed by atoms with E-state index in [4.69, 9.17) is 5.73 Å². The minimum Gasteiger partial charge on any atom is -0.480 e. The highest BCUT2D eigenvalue weighted by Gasteiger charge is 2.51. The highest BCUT2D eigenvalue weighted by Crippen LogP contribution is 2.41. The molecule has 3 atom stereocenters. The first-order valence-corrected chi connectivity index (χ1v) is 7.13. The van der Waals surface area contributed by atoms with Crippen LogP contribution in [0.5, 0.6) is 0 Å². The molecule has 0 aromatic heterocycles. The predicted molar refractivity (Wildman–Crippen MR) is 71.5 cm³/mol. The first-order valence-electron chi connectivity index (χ1n) is 7.13. The Bertz CT molecular complexity index is 398. The second-order valence-electron chi connectivity index (χ2n) is 6.41. The molecule has 0 aromatic rings. The summed E-state index contributed by atoms with van der Waals surface area (Å²) < 4.78 is 0. The molecule has 1 heterocycles. The van der Waals surface area contributed by atoms with Crippen LogP contribution in [0, 0.1) is 5.41 Å². The molecule has 2 rings (SSSR count). The molecule has 3 N–H and O–H groups in total. The van der Waals surface area contributed by atoms with Crippen molar-refractivity contribution in [3.05, 3.63) is 0 Å². The van der Waals surface area contributed by atoms with E-state index in [2.05, 4.69) is 0 Å². The van der Waals surface area contributed by atoms with Crippen LogP contribution in [0.1, 0.15) is 52.4 Å². The molecule has 5 heteroatoms. The molecule has 0 bridgehead atoms. The second kappa shape index (κ2) is 4.78. The Morgan fingerprint density at radius 1 is 1.21 bits per heavy atom. The number of carboxylic acids is 1. The van der Waals surface area contributed by atoms with E-state index in [1.54, 1.807) is 11.8 Å². The summed E-state index contributed by atoms with van der Waals surface area (Å²) in [4.78, 5) is 26.0. The summed E-state index contributed by atoms with van der Waals surface area (Å²) in [6, 6.07) is -0.153. The van der Waals surface area contributed by atoms with E-state index < -0.39 is 16.9 Å². The van der Waals surface area contributed by atoms with Crippen LogP contribution in [0.3, 0.4) is 0 Å². The number of amides is 1. The topological polar surface area (TPSA) is 83.6 Å². The summed E-state index contributed by atoms with van der Waals surface area (Å²) in [5, 5.41) is 9.48. The molecule has 3 unspecified atom stereocenters. The number of carbonyl (C=O) groups excluding carboxylic acids is 1. The third-order valence-electron chi connectivity index (χ3n) is 5.12. The molecule has 0 aromatic carbocycles. The van der Waals surface area contributed by atoms with Crippen molar-refractivity contribution in [2.45, 2.75) is 64.0 Å². The van der Waals surface area contributed by atoms with Crippen LogP contribution < -0.4 is 5.73 Å². The van der Waals surface area contributed by atoms with Gasteiger partial charge in [-0.1, -0.05) is 6.42 Å². The van der Waals surface area contributed by atoms with Gasteiger partial charge in [0.1, 0.15) is 5.54 Å². The third-order valence-corrected chi connectivity index (χ3v) is 5.12. The van der Waals surface area contributed by atoms with Crippen LogP contribution in [0.25, 0.3) is 0 Å². The van der Waals surface area contributed by atoms with E-state index in [-0.39, 0.29) is 11.9 Å². The van der Waals surface area contributed by atoms with Crippen molar-refractivity contribution in [3.63, 3.8) is 0 Å². The van der Waals surface area contributed by atoms with Gasteiger partial charge in [0.15, 0.2) is 0 Å². The Kier molecular flexibility index (Phi) is 3.60. The molecular formula is C14H24N2O3. The van der Waals surface area contributed by atoms with E-state index in [9.17, 15) is 14.7 Å². The van der Waals surface area contributed by atoms with Gasteiger partial charge in [0, 0.05) is 12.6 Å². The summed E-state index contributed by atoms with van der Waals surface area (Å²) in [6.07, 6.45) is 4.81. The number of rotatable bonds is 2. The molecule has 1 saturated heterocycles. The minimum absolute atomic E-state index is 0.0675. The van der Waals surface area contributed by atoms with Crippen LogP contribution in [0.15, 0.2) is 0 Å². The van der Waals surface area contributed by atoms with Crippen LogP contribution in [0.4, 0.5) is 0 Å². The van der Waals surface area contributed by atoms with Gasteiger partial charge in [-0.05, 0) is 46.0 Å². The lowest BCUT2D eigenvalue weighted by molar-refractivity contribution is -0.166. The molecule has 1 aliphatic heterocycles. The molecule has 1 aliphatic carbocycles. The zero-order chi connectivity index (χ0) is 14.3. The fourth-order valence-electron chi connectivity index (χ4n) is 3.44. The smallest absolute Gasteiger partial charge is 0.329 e. The van der Waals surface area contributed by atoms with E-state index in [1.165, 1.54) is 0 Å². The number of hydrogen-bond donors (Lipinski definition) is 2. The van der Waals surface area contributed by atoms with Gasteiger partial charge in [0.05, 0.1) is 5.41 Å². The monoisotopic (exact) mass is 268 g/mol. The van der Waals surface area contributed by atoms with Crippen molar-refractivity contribution in [2.24, 2.45) is 11.1 Å². The van der Waals surface area contributed by atoms with Gasteiger partial charge in [-0.2, -0.15) is 0 Å². The number of carboxylic acid groups (broad SMARTS) is 1. The van der Waals surface area contributed by atoms with Gasteiger partial charge in [-0.25, -0.2) is 4.79 Å². The maximum Gasteiger partial charge on any atom is 0.329 e. The Hall–Kier alpha value is -1.10. The van der Waals surface area contributed by atoms with Gasteiger partial charge < -0.3 is 15.7 Å². The highest BCUT2D eigenvalue weighted by atomic mass is 16.4. The minimum atomic E-state index is -1.07. The van der Waals surface area contributed by atoms with Gasteiger partial charge in [-0.15, -0.1) is 0 Å². The summed E-state index contributed by atoms with van der Waals surface area (Å²) in [5.41, 5.74) is 4.43. The van der Waals surface area contributed by atoms with Crippen molar-refractivity contribution in [1.82, 2.24) is 4.90 Å². The molecule has 108 valence electrons. The van der Waals surface area contributed by atoms with Crippen molar-refractivity contribution >= 4 is 11.9 Å². The number of aliphatic carboxylic acids is 1. The predicted octanol–water partition coefficient (Wildman–Crippen LogP) is 1.36. The molecule has 2 aliphatic rings. The molecule has 1 saturated carbocycles. The third kappa shape index (κ3) is 2.14. The van der Waals surface area contributed by atoms with E-state index in [0.717, 1.165) is 32.1 Å². The standard InChI is InChI=1S/C14H24N2O3/c1-13(7-5-6-10(13)15)11(17)16-9-4-3-8-14(16,2)12(18)19/h10H,3-9,15H2,1-2H3,(H,18,19). The van der Waals surface area contributed by atoms with Gasteiger partial charge >= 0.3 is 5.97 Å². The number of likely N-dealkylation sites (tertiary alicyclic amines) is 1. The molecule has 19 heavy (non-hydrogen) atoms. The average Bonchev–Trinajstić information content (AvgIpc) is 2.70. The second-order valence-corrected chi connectivity index (χ2v) is 6.41. The van der Waals surface area contributed by atoms with E-state index >= 15 is 0 Å². The number of hydrogen-bond acceptors (Lipinski definition) is 3. The maximum absolute atomic E-state index is 12.8. The molecule has 0 radical (unpaired) electrons. The molecule has 2 fully saturated rings. The Balaban J connectivity index is 2.28. The fourth-order valence-corrected chi connectivity index (χ4v) is 3.44. The molecule has 1 amide bonds. The van der Waals surface area contributed by atoms with Gasteiger partial charge in [0.2, 0.25) is 5.91 Å². The summed E-state index contributed by atoms with van der Waals surface area (Å²) in [5.74, 6) is -0.974. The molecule has 5 nitrogen and oxygen atoms in total. The zero-order valence-electron chi connectivity index (χ0n) is 11.8. The highest BCUT2D eigenvalue weighted by molar-refractivity contribution is 5.90. The van der Waals surface area contributed by atoms with Gasteiger partial charge in [0.25, 0.3) is 0 Å². The number of carbonyl (C=O) groups is 2. The van der Waals surface area contributed by atoms with E-state index in [1.807, 2.05) is 6.92 Å². The average molecular weight is 268 g/mol. The maximum atomic E-state index is 12.8. The van der Waals surface area contributed by atoms with Crippen LogP contribution >= 0.6 is 0 Å². The first kappa shape index (κ1) is 14.3. The van der Waals surface area contributed by atoms with Crippen LogP contribution in [-0.4, -0.2) is 40.0 Å². The number of nitrogens with two attached hydrogens (primary N) is 1. The molecule has 0 spiro atoms. The SMILES string of the molecule is CC1(C(=O)N2CCCCC2(C)C(=O)O)CCCC1N. The van der Waals surface area contributed by atoms with Gasteiger partial charge in [-0.3, -0.25) is 4.79 Å². The Labute approximate surface area is 114 Å². The van der Waals surface area contributed by atoms with Crippen LogP contribution in [-0.2, 0) is 9.59 Å². The summed E-state index contributed by atoms with van der Waals surface area (Å²) in [7, 11) is 0. The summed E-state index contributed by atoms with van der Waals surface area (Å²) in [6.45, 7) is 4.09.